The molecule has 5 nitrogen and oxygen atoms in total. The average Bonchev–Trinajstić information content (AvgIpc) is 3.10. The quantitative estimate of drug-likeness (QED) is 0.474. The number of carbonyl (C=O) groups excluding carboxylic acids is 2. The van der Waals surface area contributed by atoms with Crippen LogP contribution >= 0.6 is 0 Å². The molecule has 0 saturated heterocycles. The summed E-state index contributed by atoms with van der Waals surface area (Å²) in [4.78, 5) is 29.3. The summed E-state index contributed by atoms with van der Waals surface area (Å²) < 4.78 is 5.68. The molecular formula is C31H31NO4. The molecule has 184 valence electrons. The first-order chi connectivity index (χ1) is 17.0. The lowest BCUT2D eigenvalue weighted by atomic mass is 9.57. The van der Waals surface area contributed by atoms with E-state index >= 15 is 0 Å². The van der Waals surface area contributed by atoms with E-state index in [1.165, 1.54) is 0 Å². The van der Waals surface area contributed by atoms with E-state index in [0.717, 1.165) is 21.6 Å². The minimum atomic E-state index is -1.40. The van der Waals surface area contributed by atoms with Gasteiger partial charge in [-0.1, -0.05) is 78.9 Å². The SMILES string of the molecule is CC1=CC(C2(c3ccccc3)C(=O)N(C(=O)OC(C)(C)C)c3ccccc32)C(C)(O)c2ccccc21. The number of fused-ring (bicyclic) bond motifs is 2. The summed E-state index contributed by atoms with van der Waals surface area (Å²) in [5.41, 5.74) is 0.987. The van der Waals surface area contributed by atoms with Gasteiger partial charge >= 0.3 is 6.09 Å². The molecular weight excluding hydrogens is 450 g/mol. The van der Waals surface area contributed by atoms with Crippen LogP contribution in [0.4, 0.5) is 10.5 Å². The number of aliphatic hydroxyl groups is 1. The van der Waals surface area contributed by atoms with Crippen molar-refractivity contribution in [1.29, 1.82) is 0 Å². The topological polar surface area (TPSA) is 66.8 Å². The second-order valence-corrected chi connectivity index (χ2v) is 10.8. The molecule has 1 heterocycles. The van der Waals surface area contributed by atoms with Crippen molar-refractivity contribution in [3.8, 4) is 0 Å². The van der Waals surface area contributed by atoms with E-state index in [0.29, 0.717) is 16.8 Å². The molecule has 0 spiro atoms. The molecule has 3 aromatic rings. The van der Waals surface area contributed by atoms with Crippen molar-refractivity contribution in [2.75, 3.05) is 4.90 Å². The Labute approximate surface area is 212 Å². The lowest BCUT2D eigenvalue weighted by Gasteiger charge is -2.46. The number of ether oxygens (including phenoxy) is 1. The Morgan fingerprint density at radius 2 is 1.50 bits per heavy atom. The van der Waals surface area contributed by atoms with Crippen molar-refractivity contribution in [1.82, 2.24) is 0 Å². The van der Waals surface area contributed by atoms with Crippen molar-refractivity contribution in [2.24, 2.45) is 5.92 Å². The largest absolute Gasteiger partial charge is 0.443 e. The van der Waals surface area contributed by atoms with E-state index in [1.54, 1.807) is 39.8 Å². The highest BCUT2D eigenvalue weighted by Crippen LogP contribution is 2.58. The van der Waals surface area contributed by atoms with Gasteiger partial charge in [0.25, 0.3) is 5.91 Å². The van der Waals surface area contributed by atoms with Crippen LogP contribution in [0.1, 0.15) is 56.9 Å². The maximum atomic E-state index is 14.7. The predicted octanol–water partition coefficient (Wildman–Crippen LogP) is 6.20. The summed E-state index contributed by atoms with van der Waals surface area (Å²) in [6.07, 6.45) is 1.26. The van der Waals surface area contributed by atoms with Crippen LogP contribution in [0.3, 0.4) is 0 Å². The van der Waals surface area contributed by atoms with E-state index in [2.05, 4.69) is 0 Å². The van der Waals surface area contributed by atoms with Crippen LogP contribution in [0.5, 0.6) is 0 Å². The molecule has 1 aliphatic carbocycles. The first-order valence-corrected chi connectivity index (χ1v) is 12.2. The fourth-order valence-corrected chi connectivity index (χ4v) is 5.84. The lowest BCUT2D eigenvalue weighted by molar-refractivity contribution is -0.126. The highest BCUT2D eigenvalue weighted by molar-refractivity contribution is 6.23. The third-order valence-electron chi connectivity index (χ3n) is 7.30. The van der Waals surface area contributed by atoms with Crippen molar-refractivity contribution < 1.29 is 19.4 Å². The van der Waals surface area contributed by atoms with Crippen LogP contribution in [-0.4, -0.2) is 22.7 Å². The van der Waals surface area contributed by atoms with Gasteiger partial charge in [0.05, 0.1) is 11.3 Å². The number of carbonyl (C=O) groups is 2. The van der Waals surface area contributed by atoms with Crippen LogP contribution in [-0.2, 0) is 20.5 Å². The molecule has 1 aliphatic heterocycles. The van der Waals surface area contributed by atoms with Gasteiger partial charge < -0.3 is 9.84 Å². The molecule has 0 bridgehead atoms. The number of nitrogens with zero attached hydrogens (tertiary/aromatic N) is 1. The van der Waals surface area contributed by atoms with Crippen LogP contribution < -0.4 is 4.90 Å². The number of para-hydroxylation sites is 1. The lowest BCUT2D eigenvalue weighted by Crippen LogP contribution is -2.55. The van der Waals surface area contributed by atoms with Crippen LogP contribution in [0.25, 0.3) is 5.57 Å². The standard InChI is InChI=1S/C31H31NO4/c1-20-19-26(30(5,35)23-16-10-9-15-22(20)23)31(21-13-7-6-8-14-21)24-17-11-12-18-25(24)32(27(31)33)28(34)36-29(2,3)4/h6-19,26,35H,1-5H3. The van der Waals surface area contributed by atoms with Crippen LogP contribution in [0.2, 0.25) is 0 Å². The summed E-state index contributed by atoms with van der Waals surface area (Å²) in [7, 11) is 0. The molecule has 0 fully saturated rings. The van der Waals surface area contributed by atoms with Gasteiger partial charge in [0.2, 0.25) is 0 Å². The van der Waals surface area contributed by atoms with Gasteiger partial charge in [0, 0.05) is 5.92 Å². The van der Waals surface area contributed by atoms with E-state index in [9.17, 15) is 14.7 Å². The zero-order valence-corrected chi connectivity index (χ0v) is 21.3. The number of allylic oxidation sites excluding steroid dienone is 1. The van der Waals surface area contributed by atoms with Crippen LogP contribution in [0, 0.1) is 5.92 Å². The van der Waals surface area contributed by atoms with Gasteiger partial charge in [0.1, 0.15) is 11.0 Å². The Balaban J connectivity index is 1.82. The van der Waals surface area contributed by atoms with Gasteiger partial charge in [-0.05, 0) is 68.5 Å². The Morgan fingerprint density at radius 1 is 0.917 bits per heavy atom. The Morgan fingerprint density at radius 3 is 2.17 bits per heavy atom. The van der Waals surface area contributed by atoms with Crippen LogP contribution in [0.15, 0.2) is 84.9 Å². The molecule has 2 aliphatic rings. The fourth-order valence-electron chi connectivity index (χ4n) is 5.84. The normalized spacial score (nSPS) is 25.2. The van der Waals surface area contributed by atoms with Gasteiger partial charge in [-0.25, -0.2) is 9.69 Å². The highest BCUT2D eigenvalue weighted by Gasteiger charge is 2.63. The smallest absolute Gasteiger partial charge is 0.421 e. The number of rotatable bonds is 2. The van der Waals surface area contributed by atoms with E-state index in [1.807, 2.05) is 79.7 Å². The van der Waals surface area contributed by atoms with Gasteiger partial charge in [0.15, 0.2) is 0 Å². The Hall–Kier alpha value is -3.70. The predicted molar refractivity (Wildman–Crippen MR) is 141 cm³/mol. The Kier molecular flexibility index (Phi) is 5.45. The molecule has 3 unspecified atom stereocenters. The molecule has 5 rings (SSSR count). The van der Waals surface area contributed by atoms with Gasteiger partial charge in [-0.15, -0.1) is 0 Å². The van der Waals surface area contributed by atoms with Crippen molar-refractivity contribution in [2.45, 2.75) is 51.2 Å². The summed E-state index contributed by atoms with van der Waals surface area (Å²) in [6.45, 7) is 9.08. The molecule has 0 aromatic heterocycles. The van der Waals surface area contributed by atoms with Crippen molar-refractivity contribution in [3.63, 3.8) is 0 Å². The fraction of sp³-hybridized carbons (Fsp3) is 0.290. The number of benzene rings is 3. The maximum Gasteiger partial charge on any atom is 0.421 e. The third-order valence-corrected chi connectivity index (χ3v) is 7.30. The number of anilines is 1. The van der Waals surface area contributed by atoms with Gasteiger partial charge in [-0.3, -0.25) is 4.79 Å². The number of hydrogen-bond donors (Lipinski definition) is 1. The summed E-state index contributed by atoms with van der Waals surface area (Å²) in [5, 5.41) is 12.2. The molecule has 3 aromatic carbocycles. The molecule has 1 N–H and O–H groups in total. The third kappa shape index (κ3) is 3.41. The van der Waals surface area contributed by atoms with E-state index in [-0.39, 0.29) is 0 Å². The van der Waals surface area contributed by atoms with Crippen molar-refractivity contribution >= 4 is 23.3 Å². The zero-order chi connectivity index (χ0) is 25.9. The minimum Gasteiger partial charge on any atom is -0.443 e. The molecule has 0 radical (unpaired) electrons. The molecule has 0 saturated carbocycles. The molecule has 5 heteroatoms. The average molecular weight is 482 g/mol. The van der Waals surface area contributed by atoms with E-state index in [4.69, 9.17) is 4.74 Å². The molecule has 3 atom stereocenters. The second-order valence-electron chi connectivity index (χ2n) is 10.8. The molecule has 36 heavy (non-hydrogen) atoms. The van der Waals surface area contributed by atoms with Crippen molar-refractivity contribution in [3.05, 3.63) is 107 Å². The monoisotopic (exact) mass is 481 g/mol. The minimum absolute atomic E-state index is 0.433. The first-order valence-electron chi connectivity index (χ1n) is 12.2. The maximum absolute atomic E-state index is 14.7. The zero-order valence-electron chi connectivity index (χ0n) is 21.3. The number of hydrogen-bond acceptors (Lipinski definition) is 4. The number of imide groups is 1. The summed E-state index contributed by atoms with van der Waals surface area (Å²) >= 11 is 0. The second kappa shape index (κ2) is 8.17. The first kappa shape index (κ1) is 24.0. The Bertz CT molecular complexity index is 1380. The van der Waals surface area contributed by atoms with E-state index < -0.39 is 34.5 Å². The number of amides is 2. The molecule has 2 amide bonds. The summed E-state index contributed by atoms with van der Waals surface area (Å²) in [5.74, 6) is -1.12. The van der Waals surface area contributed by atoms with Gasteiger partial charge in [-0.2, -0.15) is 0 Å². The highest BCUT2D eigenvalue weighted by atomic mass is 16.6. The summed E-state index contributed by atoms with van der Waals surface area (Å²) in [6, 6.07) is 24.5.